The lowest BCUT2D eigenvalue weighted by molar-refractivity contribution is 0.539. The lowest BCUT2D eigenvalue weighted by Crippen LogP contribution is -2.30. The Balaban J connectivity index is 1.87. The molecular weight excluding hydrogens is 352 g/mol. The summed E-state index contributed by atoms with van der Waals surface area (Å²) in [4.78, 5) is 6.84. The van der Waals surface area contributed by atoms with Crippen molar-refractivity contribution in [2.45, 2.75) is 32.9 Å². The van der Waals surface area contributed by atoms with Gasteiger partial charge >= 0.3 is 0 Å². The van der Waals surface area contributed by atoms with Gasteiger partial charge in [-0.2, -0.15) is 0 Å². The van der Waals surface area contributed by atoms with E-state index in [4.69, 9.17) is 12.2 Å². The molecule has 4 nitrogen and oxygen atoms in total. The molecule has 1 aliphatic rings. The van der Waals surface area contributed by atoms with Crippen molar-refractivity contribution in [1.82, 2.24) is 14.9 Å². The molecule has 0 radical (unpaired) electrons. The van der Waals surface area contributed by atoms with Crippen LogP contribution in [0.4, 0.5) is 5.69 Å². The van der Waals surface area contributed by atoms with Crippen molar-refractivity contribution in [3.63, 3.8) is 0 Å². The molecule has 0 aliphatic carbocycles. The van der Waals surface area contributed by atoms with Crippen LogP contribution in [0.25, 0.3) is 0 Å². The normalized spacial score (nSPS) is 19.4. The second kappa shape index (κ2) is 6.82. The number of aromatic nitrogens is 2. The third-order valence-electron chi connectivity index (χ3n) is 5.58. The van der Waals surface area contributed by atoms with Crippen molar-refractivity contribution >= 4 is 23.0 Å². The predicted molar refractivity (Wildman–Crippen MR) is 114 cm³/mol. The van der Waals surface area contributed by atoms with E-state index in [1.54, 1.807) is 0 Å². The maximum atomic E-state index is 5.78. The SMILES string of the molecule is Cc1ccc(N2C(=S)N[C@@H](c3ccccn3)[C@@H]2c2ccc(C)n2C)cc1C. The highest BCUT2D eigenvalue weighted by Gasteiger charge is 2.42. The third-order valence-corrected chi connectivity index (χ3v) is 5.90. The van der Waals surface area contributed by atoms with Gasteiger partial charge in [-0.05, 0) is 80.5 Å². The average molecular weight is 377 g/mol. The molecule has 0 unspecified atom stereocenters. The van der Waals surface area contributed by atoms with Crippen molar-refractivity contribution in [2.75, 3.05) is 4.90 Å². The van der Waals surface area contributed by atoms with Gasteiger partial charge in [-0.15, -0.1) is 0 Å². The minimum Gasteiger partial charge on any atom is -0.351 e. The van der Waals surface area contributed by atoms with Crippen LogP contribution < -0.4 is 10.2 Å². The van der Waals surface area contributed by atoms with Gasteiger partial charge in [0.15, 0.2) is 5.11 Å². The highest BCUT2D eigenvalue weighted by atomic mass is 32.1. The summed E-state index contributed by atoms with van der Waals surface area (Å²) >= 11 is 5.78. The second-order valence-electron chi connectivity index (χ2n) is 7.22. The van der Waals surface area contributed by atoms with Crippen LogP contribution in [0.1, 0.15) is 40.3 Å². The number of nitrogens with one attached hydrogen (secondary N) is 1. The summed E-state index contributed by atoms with van der Waals surface area (Å²) in [7, 11) is 2.11. The average Bonchev–Trinajstić information content (AvgIpc) is 3.18. The molecule has 0 bridgehead atoms. The van der Waals surface area contributed by atoms with Crippen LogP contribution in [-0.2, 0) is 7.05 Å². The van der Waals surface area contributed by atoms with Crippen molar-refractivity contribution in [1.29, 1.82) is 0 Å². The lowest BCUT2D eigenvalue weighted by atomic mass is 10.0. The summed E-state index contributed by atoms with van der Waals surface area (Å²) in [6.07, 6.45) is 1.84. The fraction of sp³-hybridized carbons (Fsp3) is 0.273. The maximum absolute atomic E-state index is 5.78. The van der Waals surface area contributed by atoms with E-state index in [1.165, 1.54) is 22.5 Å². The second-order valence-corrected chi connectivity index (χ2v) is 7.61. The highest BCUT2D eigenvalue weighted by molar-refractivity contribution is 7.80. The number of nitrogens with zero attached hydrogens (tertiary/aromatic N) is 3. The van der Waals surface area contributed by atoms with Gasteiger partial charge in [0, 0.05) is 30.3 Å². The molecule has 1 saturated heterocycles. The summed E-state index contributed by atoms with van der Waals surface area (Å²) in [6, 6.07) is 16.9. The predicted octanol–water partition coefficient (Wildman–Crippen LogP) is 4.52. The smallest absolute Gasteiger partial charge is 0.174 e. The van der Waals surface area contributed by atoms with E-state index >= 15 is 0 Å². The summed E-state index contributed by atoms with van der Waals surface area (Å²) in [5, 5.41) is 4.25. The molecule has 0 saturated carbocycles. The molecule has 3 heterocycles. The minimum absolute atomic E-state index is 0.00620. The maximum Gasteiger partial charge on any atom is 0.174 e. The molecule has 138 valence electrons. The van der Waals surface area contributed by atoms with Crippen LogP contribution in [0, 0.1) is 20.8 Å². The van der Waals surface area contributed by atoms with Crippen molar-refractivity contribution in [2.24, 2.45) is 7.05 Å². The first-order chi connectivity index (χ1) is 13.0. The van der Waals surface area contributed by atoms with Gasteiger partial charge < -0.3 is 14.8 Å². The Morgan fingerprint density at radius 3 is 2.44 bits per heavy atom. The van der Waals surface area contributed by atoms with Crippen molar-refractivity contribution in [3.05, 3.63) is 82.9 Å². The molecule has 0 spiro atoms. The van der Waals surface area contributed by atoms with E-state index in [1.807, 2.05) is 18.3 Å². The van der Waals surface area contributed by atoms with Gasteiger partial charge in [-0.3, -0.25) is 4.98 Å². The van der Waals surface area contributed by atoms with E-state index in [-0.39, 0.29) is 12.1 Å². The van der Waals surface area contributed by atoms with Gasteiger partial charge in [-0.25, -0.2) is 0 Å². The van der Waals surface area contributed by atoms with Gasteiger partial charge in [0.1, 0.15) is 6.04 Å². The topological polar surface area (TPSA) is 33.1 Å². The van der Waals surface area contributed by atoms with Gasteiger partial charge in [0.25, 0.3) is 0 Å². The number of rotatable bonds is 3. The van der Waals surface area contributed by atoms with E-state index in [2.05, 4.69) is 84.0 Å². The van der Waals surface area contributed by atoms with Crippen LogP contribution in [0.15, 0.2) is 54.7 Å². The van der Waals surface area contributed by atoms with E-state index in [9.17, 15) is 0 Å². The van der Waals surface area contributed by atoms with Crippen molar-refractivity contribution < 1.29 is 0 Å². The molecule has 3 aromatic rings. The number of hydrogen-bond acceptors (Lipinski definition) is 2. The molecular formula is C22H24N4S. The van der Waals surface area contributed by atoms with E-state index in [0.29, 0.717) is 0 Å². The van der Waals surface area contributed by atoms with Crippen LogP contribution in [0.5, 0.6) is 0 Å². The number of hydrogen-bond donors (Lipinski definition) is 1. The van der Waals surface area contributed by atoms with Crippen molar-refractivity contribution in [3.8, 4) is 0 Å². The number of aryl methyl sites for hydroxylation is 3. The Morgan fingerprint density at radius 1 is 1.00 bits per heavy atom. The number of thiocarbonyl (C=S) groups is 1. The number of anilines is 1. The first-order valence-electron chi connectivity index (χ1n) is 9.17. The monoisotopic (exact) mass is 376 g/mol. The Bertz CT molecular complexity index is 993. The van der Waals surface area contributed by atoms with Gasteiger partial charge in [-0.1, -0.05) is 12.1 Å². The zero-order valence-electron chi connectivity index (χ0n) is 16.1. The largest absolute Gasteiger partial charge is 0.351 e. The van der Waals surface area contributed by atoms with Crippen LogP contribution >= 0.6 is 12.2 Å². The molecule has 4 rings (SSSR count). The van der Waals surface area contributed by atoms with Crippen LogP contribution in [0.3, 0.4) is 0 Å². The Hall–Kier alpha value is -2.66. The standard InChI is InChI=1S/C22H24N4S/c1-14-8-10-17(13-15(14)2)26-21(19-11-9-16(3)25(19)4)20(24-22(26)27)18-7-5-6-12-23-18/h5-13,20-21H,1-4H3,(H,24,27)/t20-,21-/m0/s1. The van der Waals surface area contributed by atoms with E-state index in [0.717, 1.165) is 16.5 Å². The van der Waals surface area contributed by atoms with E-state index < -0.39 is 0 Å². The zero-order valence-corrected chi connectivity index (χ0v) is 16.9. The molecule has 0 amide bonds. The number of benzene rings is 1. The lowest BCUT2D eigenvalue weighted by Gasteiger charge is -2.29. The molecule has 5 heteroatoms. The van der Waals surface area contributed by atoms with Crippen LogP contribution in [-0.4, -0.2) is 14.7 Å². The van der Waals surface area contributed by atoms with Gasteiger partial charge in [0.05, 0.1) is 11.7 Å². The summed E-state index contributed by atoms with van der Waals surface area (Å²) in [6.45, 7) is 6.40. The Morgan fingerprint density at radius 2 is 1.81 bits per heavy atom. The molecule has 2 atom stereocenters. The molecule has 27 heavy (non-hydrogen) atoms. The van der Waals surface area contributed by atoms with Gasteiger partial charge in [0.2, 0.25) is 0 Å². The molecule has 1 N–H and O–H groups in total. The quantitative estimate of drug-likeness (QED) is 0.681. The summed E-state index contributed by atoms with van der Waals surface area (Å²) < 4.78 is 2.24. The summed E-state index contributed by atoms with van der Waals surface area (Å²) in [5.74, 6) is 0. The Labute approximate surface area is 165 Å². The molecule has 2 aromatic heterocycles. The first-order valence-corrected chi connectivity index (χ1v) is 9.58. The number of pyridine rings is 1. The Kier molecular flexibility index (Phi) is 4.48. The minimum atomic E-state index is -0.00620. The first kappa shape index (κ1) is 17.7. The highest BCUT2D eigenvalue weighted by Crippen LogP contribution is 2.42. The molecule has 1 fully saturated rings. The molecule has 1 aromatic carbocycles. The zero-order chi connectivity index (χ0) is 19.1. The third kappa shape index (κ3) is 3.02. The fourth-order valence-electron chi connectivity index (χ4n) is 3.74. The summed E-state index contributed by atoms with van der Waals surface area (Å²) in [5.41, 5.74) is 7.09. The fourth-order valence-corrected chi connectivity index (χ4v) is 4.09. The molecule has 1 aliphatic heterocycles. The van der Waals surface area contributed by atoms with Crippen LogP contribution in [0.2, 0.25) is 0 Å².